The number of halogens is 1. The van der Waals surface area contributed by atoms with Crippen molar-refractivity contribution in [2.45, 2.75) is 6.92 Å². The topological polar surface area (TPSA) is 56.0 Å². The van der Waals surface area contributed by atoms with Gasteiger partial charge in [0.05, 0.1) is 0 Å². The summed E-state index contributed by atoms with van der Waals surface area (Å²) in [5, 5.41) is 2.10. The zero-order valence-electron chi connectivity index (χ0n) is 5.33. The summed E-state index contributed by atoms with van der Waals surface area (Å²) in [6, 6.07) is 0. The first-order chi connectivity index (χ1) is 4.20. The molecule has 0 aromatic carbocycles. The number of aromatic nitrogens is 1. The second-order valence-electron chi connectivity index (χ2n) is 1.63. The highest BCUT2D eigenvalue weighted by molar-refractivity contribution is 7.13. The van der Waals surface area contributed by atoms with Gasteiger partial charge < -0.3 is 5.73 Å². The molecule has 0 aliphatic heterocycles. The quantitative estimate of drug-likeness (QED) is 0.661. The monoisotopic (exact) mass is 178 g/mol. The molecule has 0 fully saturated rings. The molecule has 1 heterocycles. The highest BCUT2D eigenvalue weighted by Crippen LogP contribution is 2.10. The number of hydrogen-bond acceptors (Lipinski definition) is 4. The molecule has 2 N–H and O–H groups in total. The maximum absolute atomic E-state index is 10.5. The first-order valence-corrected chi connectivity index (χ1v) is 3.30. The third-order valence-electron chi connectivity index (χ3n) is 0.883. The zero-order valence-corrected chi connectivity index (χ0v) is 6.96. The fraction of sp³-hybridized carbons (Fsp3) is 0.200. The van der Waals surface area contributed by atoms with Crippen molar-refractivity contribution in [2.24, 2.45) is 0 Å². The van der Waals surface area contributed by atoms with Crippen LogP contribution in [0.5, 0.6) is 0 Å². The van der Waals surface area contributed by atoms with Crippen LogP contribution in [0.4, 0.5) is 5.13 Å². The molecule has 0 spiro atoms. The van der Waals surface area contributed by atoms with E-state index >= 15 is 0 Å². The highest BCUT2D eigenvalue weighted by Gasteiger charge is 2.01. The van der Waals surface area contributed by atoms with Crippen molar-refractivity contribution in [3.8, 4) is 0 Å². The SMILES string of the molecule is CC(=O)c1csc(N)n1.Cl. The van der Waals surface area contributed by atoms with E-state index in [4.69, 9.17) is 5.73 Å². The lowest BCUT2D eigenvalue weighted by Gasteiger charge is -1.80. The van der Waals surface area contributed by atoms with Crippen LogP contribution in [-0.4, -0.2) is 10.8 Å². The van der Waals surface area contributed by atoms with Gasteiger partial charge in [0, 0.05) is 12.3 Å². The van der Waals surface area contributed by atoms with Gasteiger partial charge in [-0.1, -0.05) is 0 Å². The average Bonchev–Trinajstić information content (AvgIpc) is 2.14. The van der Waals surface area contributed by atoms with E-state index in [0.717, 1.165) is 0 Å². The van der Waals surface area contributed by atoms with E-state index in [0.29, 0.717) is 10.8 Å². The van der Waals surface area contributed by atoms with Crippen LogP contribution in [0.25, 0.3) is 0 Å². The molecule has 5 heteroatoms. The summed E-state index contributed by atoms with van der Waals surface area (Å²) < 4.78 is 0. The van der Waals surface area contributed by atoms with E-state index in [1.165, 1.54) is 18.3 Å². The van der Waals surface area contributed by atoms with Gasteiger partial charge in [-0.15, -0.1) is 23.7 Å². The summed E-state index contributed by atoms with van der Waals surface area (Å²) in [6.07, 6.45) is 0. The summed E-state index contributed by atoms with van der Waals surface area (Å²) in [7, 11) is 0. The van der Waals surface area contributed by atoms with Gasteiger partial charge in [-0.2, -0.15) is 0 Å². The van der Waals surface area contributed by atoms with Crippen molar-refractivity contribution in [2.75, 3.05) is 5.73 Å². The predicted molar refractivity (Wildman–Crippen MR) is 43.8 cm³/mol. The van der Waals surface area contributed by atoms with E-state index in [1.807, 2.05) is 0 Å². The number of rotatable bonds is 1. The Bertz CT molecular complexity index is 235. The number of carbonyl (C=O) groups is 1. The summed E-state index contributed by atoms with van der Waals surface area (Å²) in [5.74, 6) is -0.0389. The Kier molecular flexibility index (Phi) is 3.32. The largest absolute Gasteiger partial charge is 0.375 e. The molecule has 0 atom stereocenters. The van der Waals surface area contributed by atoms with Crippen LogP contribution in [0.3, 0.4) is 0 Å². The molecule has 0 saturated carbocycles. The lowest BCUT2D eigenvalue weighted by Crippen LogP contribution is -1.92. The molecule has 0 saturated heterocycles. The molecular weight excluding hydrogens is 172 g/mol. The molecule has 3 nitrogen and oxygen atoms in total. The lowest BCUT2D eigenvalue weighted by atomic mass is 10.4. The minimum Gasteiger partial charge on any atom is -0.375 e. The molecule has 1 rings (SSSR count). The molecule has 0 unspecified atom stereocenters. The van der Waals surface area contributed by atoms with E-state index in [9.17, 15) is 4.79 Å². The van der Waals surface area contributed by atoms with Gasteiger partial charge in [-0.25, -0.2) is 4.98 Å². The number of anilines is 1. The van der Waals surface area contributed by atoms with E-state index in [1.54, 1.807) is 5.38 Å². The Morgan fingerprint density at radius 3 is 2.60 bits per heavy atom. The maximum Gasteiger partial charge on any atom is 0.180 e. The van der Waals surface area contributed by atoms with Crippen LogP contribution in [0, 0.1) is 0 Å². The van der Waals surface area contributed by atoms with Gasteiger partial charge in [-0.3, -0.25) is 4.79 Å². The van der Waals surface area contributed by atoms with Crippen molar-refractivity contribution in [1.82, 2.24) is 4.98 Å². The molecule has 56 valence electrons. The van der Waals surface area contributed by atoms with Crippen LogP contribution in [-0.2, 0) is 0 Å². The second-order valence-corrected chi connectivity index (χ2v) is 2.52. The van der Waals surface area contributed by atoms with E-state index in [2.05, 4.69) is 4.98 Å². The number of nitrogen functional groups attached to an aromatic ring is 1. The average molecular weight is 179 g/mol. The van der Waals surface area contributed by atoms with Crippen molar-refractivity contribution in [1.29, 1.82) is 0 Å². The van der Waals surface area contributed by atoms with Crippen LogP contribution in [0.15, 0.2) is 5.38 Å². The number of hydrogen-bond donors (Lipinski definition) is 1. The summed E-state index contributed by atoms with van der Waals surface area (Å²) >= 11 is 1.28. The number of carbonyl (C=O) groups excluding carboxylic acids is 1. The van der Waals surface area contributed by atoms with Crippen molar-refractivity contribution < 1.29 is 4.79 Å². The fourth-order valence-corrected chi connectivity index (χ4v) is 1.05. The van der Waals surface area contributed by atoms with Crippen molar-refractivity contribution in [3.05, 3.63) is 11.1 Å². The van der Waals surface area contributed by atoms with Gasteiger partial charge >= 0.3 is 0 Å². The van der Waals surface area contributed by atoms with Crippen LogP contribution < -0.4 is 5.73 Å². The minimum absolute atomic E-state index is 0. The third-order valence-corrected chi connectivity index (χ3v) is 1.56. The van der Waals surface area contributed by atoms with Gasteiger partial charge in [0.2, 0.25) is 0 Å². The molecule has 0 aliphatic carbocycles. The standard InChI is InChI=1S/C5H6N2OS.ClH/c1-3(8)4-2-9-5(6)7-4;/h2H,1H3,(H2,6,7);1H. The first-order valence-electron chi connectivity index (χ1n) is 2.42. The highest BCUT2D eigenvalue weighted by atomic mass is 35.5. The van der Waals surface area contributed by atoms with Crippen molar-refractivity contribution in [3.63, 3.8) is 0 Å². The molecule has 1 aromatic rings. The Balaban J connectivity index is 0.000000810. The zero-order chi connectivity index (χ0) is 6.85. The van der Waals surface area contributed by atoms with Gasteiger partial charge in [0.25, 0.3) is 0 Å². The Morgan fingerprint density at radius 2 is 2.40 bits per heavy atom. The summed E-state index contributed by atoms with van der Waals surface area (Å²) in [6.45, 7) is 1.47. The molecule has 0 radical (unpaired) electrons. The fourth-order valence-electron chi connectivity index (χ4n) is 0.449. The molecule has 0 aliphatic rings. The third kappa shape index (κ3) is 1.97. The molecule has 10 heavy (non-hydrogen) atoms. The number of Topliss-reactive ketones (excluding diaryl/α,β-unsaturated/α-hetero) is 1. The lowest BCUT2D eigenvalue weighted by molar-refractivity contribution is 0.101. The Morgan fingerprint density at radius 1 is 1.80 bits per heavy atom. The maximum atomic E-state index is 10.5. The smallest absolute Gasteiger partial charge is 0.180 e. The predicted octanol–water partition coefficient (Wildman–Crippen LogP) is 1.35. The molecule has 0 bridgehead atoms. The second kappa shape index (κ2) is 3.53. The van der Waals surface area contributed by atoms with E-state index < -0.39 is 0 Å². The first kappa shape index (κ1) is 9.39. The number of ketones is 1. The normalized spacial score (nSPS) is 8.50. The molecule has 0 amide bonds. The van der Waals surface area contributed by atoms with Crippen LogP contribution >= 0.6 is 23.7 Å². The van der Waals surface area contributed by atoms with Gasteiger partial charge in [0.1, 0.15) is 5.69 Å². The van der Waals surface area contributed by atoms with Gasteiger partial charge in [-0.05, 0) is 0 Å². The van der Waals surface area contributed by atoms with Crippen molar-refractivity contribution >= 4 is 34.7 Å². The number of thiazole rings is 1. The number of nitrogens with zero attached hydrogens (tertiary/aromatic N) is 1. The minimum atomic E-state index is -0.0389. The Labute approximate surface area is 68.7 Å². The van der Waals surface area contributed by atoms with Gasteiger partial charge in [0.15, 0.2) is 10.9 Å². The van der Waals surface area contributed by atoms with Crippen LogP contribution in [0.2, 0.25) is 0 Å². The summed E-state index contributed by atoms with van der Waals surface area (Å²) in [5.41, 5.74) is 5.73. The van der Waals surface area contributed by atoms with E-state index in [-0.39, 0.29) is 18.2 Å². The van der Waals surface area contributed by atoms with Crippen LogP contribution in [0.1, 0.15) is 17.4 Å². The summed E-state index contributed by atoms with van der Waals surface area (Å²) in [4.78, 5) is 14.3. The number of nitrogens with two attached hydrogens (primary N) is 1. The Hall–Kier alpha value is -0.610. The molecular formula is C5H7ClN2OS. The molecule has 1 aromatic heterocycles.